The van der Waals surface area contributed by atoms with Crippen molar-refractivity contribution in [3.63, 3.8) is 0 Å². The molecule has 0 fully saturated rings. The van der Waals surface area contributed by atoms with Crippen LogP contribution in [0.25, 0.3) is 5.95 Å². The summed E-state index contributed by atoms with van der Waals surface area (Å²) in [5.41, 5.74) is 5.25. The molecular formula is C22H25N5O3. The summed E-state index contributed by atoms with van der Waals surface area (Å²) in [7, 11) is 0. The molecule has 3 aromatic rings. The highest BCUT2D eigenvalue weighted by Crippen LogP contribution is 2.34. The Hall–Kier alpha value is -3.42. The number of carbonyl (C=O) groups excluding carboxylic acids is 1. The van der Waals surface area contributed by atoms with Crippen molar-refractivity contribution < 1.29 is 14.3 Å². The summed E-state index contributed by atoms with van der Waals surface area (Å²) in [4.78, 5) is 21.7. The number of nitrogens with one attached hydrogen (secondary N) is 1. The number of aromatic nitrogens is 4. The molecule has 2 aromatic heterocycles. The van der Waals surface area contributed by atoms with Crippen molar-refractivity contribution in [1.82, 2.24) is 25.1 Å². The van der Waals surface area contributed by atoms with Gasteiger partial charge in [0.2, 0.25) is 12.7 Å². The highest BCUT2D eigenvalue weighted by Gasteiger charge is 2.20. The number of amides is 1. The minimum absolute atomic E-state index is 0.0766. The third-order valence-electron chi connectivity index (χ3n) is 5.21. The molecule has 1 N–H and O–H groups in total. The maximum atomic E-state index is 12.8. The van der Waals surface area contributed by atoms with Crippen LogP contribution in [0.1, 0.15) is 46.9 Å². The Kier molecular flexibility index (Phi) is 5.15. The predicted octanol–water partition coefficient (Wildman–Crippen LogP) is 3.04. The van der Waals surface area contributed by atoms with E-state index in [-0.39, 0.29) is 25.2 Å². The highest BCUT2D eigenvalue weighted by atomic mass is 16.7. The van der Waals surface area contributed by atoms with Gasteiger partial charge in [0.15, 0.2) is 11.5 Å². The van der Waals surface area contributed by atoms with E-state index < -0.39 is 0 Å². The van der Waals surface area contributed by atoms with Crippen LogP contribution in [0, 0.1) is 27.7 Å². The van der Waals surface area contributed by atoms with Crippen molar-refractivity contribution in [3.05, 3.63) is 58.2 Å². The van der Waals surface area contributed by atoms with Crippen LogP contribution in [0.2, 0.25) is 0 Å². The van der Waals surface area contributed by atoms with Gasteiger partial charge in [-0.3, -0.25) is 4.79 Å². The van der Waals surface area contributed by atoms with Gasteiger partial charge in [0.1, 0.15) is 0 Å². The van der Waals surface area contributed by atoms with Crippen LogP contribution >= 0.6 is 0 Å². The van der Waals surface area contributed by atoms with Gasteiger partial charge in [-0.25, -0.2) is 14.6 Å². The first-order valence-corrected chi connectivity index (χ1v) is 9.88. The number of fused-ring (bicyclic) bond motifs is 1. The molecule has 0 bridgehead atoms. The topological polar surface area (TPSA) is 91.2 Å². The van der Waals surface area contributed by atoms with Gasteiger partial charge < -0.3 is 14.8 Å². The molecule has 8 nitrogen and oxygen atoms in total. The Morgan fingerprint density at radius 3 is 2.53 bits per heavy atom. The smallest absolute Gasteiger partial charge is 0.251 e. The van der Waals surface area contributed by atoms with Crippen LogP contribution in [0.3, 0.4) is 0 Å². The maximum absolute atomic E-state index is 12.8. The number of rotatable bonds is 5. The Labute approximate surface area is 175 Å². The van der Waals surface area contributed by atoms with E-state index in [0.29, 0.717) is 11.7 Å². The normalized spacial score (nSPS) is 13.4. The van der Waals surface area contributed by atoms with Crippen molar-refractivity contribution in [3.8, 4) is 17.4 Å². The largest absolute Gasteiger partial charge is 0.454 e. The van der Waals surface area contributed by atoms with Crippen molar-refractivity contribution in [2.45, 2.75) is 47.1 Å². The Morgan fingerprint density at radius 2 is 1.80 bits per heavy atom. The molecule has 0 saturated carbocycles. The van der Waals surface area contributed by atoms with Crippen LogP contribution in [-0.2, 0) is 11.2 Å². The highest BCUT2D eigenvalue weighted by molar-refractivity contribution is 5.79. The van der Waals surface area contributed by atoms with Gasteiger partial charge in [0.05, 0.1) is 18.2 Å². The second kappa shape index (κ2) is 7.78. The fraction of sp³-hybridized carbons (Fsp3) is 0.364. The number of hydrogen-bond acceptors (Lipinski definition) is 6. The van der Waals surface area contributed by atoms with Crippen molar-refractivity contribution in [2.75, 3.05) is 6.79 Å². The summed E-state index contributed by atoms with van der Waals surface area (Å²) in [6, 6.07) is 7.46. The molecule has 0 aliphatic carbocycles. The number of ether oxygens (including phenoxy) is 2. The van der Waals surface area contributed by atoms with Crippen LogP contribution in [-0.4, -0.2) is 32.4 Å². The molecule has 0 spiro atoms. The average molecular weight is 407 g/mol. The van der Waals surface area contributed by atoms with E-state index in [2.05, 4.69) is 20.4 Å². The third-order valence-corrected chi connectivity index (χ3v) is 5.21. The monoisotopic (exact) mass is 407 g/mol. The zero-order chi connectivity index (χ0) is 21.4. The van der Waals surface area contributed by atoms with Crippen LogP contribution in [0.15, 0.2) is 24.3 Å². The van der Waals surface area contributed by atoms with Gasteiger partial charge in [0.25, 0.3) is 5.95 Å². The molecule has 1 aromatic carbocycles. The van der Waals surface area contributed by atoms with Crippen molar-refractivity contribution in [1.29, 1.82) is 0 Å². The van der Waals surface area contributed by atoms with Gasteiger partial charge in [-0.2, -0.15) is 5.10 Å². The molecule has 8 heteroatoms. The maximum Gasteiger partial charge on any atom is 0.251 e. The lowest BCUT2D eigenvalue weighted by atomic mass is 10.1. The molecule has 1 aliphatic heterocycles. The quantitative estimate of drug-likeness (QED) is 0.699. The molecule has 0 saturated heterocycles. The Morgan fingerprint density at radius 1 is 1.10 bits per heavy atom. The van der Waals surface area contributed by atoms with E-state index in [1.54, 1.807) is 4.68 Å². The summed E-state index contributed by atoms with van der Waals surface area (Å²) in [6.07, 6.45) is 0.233. The first-order valence-electron chi connectivity index (χ1n) is 9.88. The van der Waals surface area contributed by atoms with E-state index in [1.165, 1.54) is 0 Å². The van der Waals surface area contributed by atoms with E-state index >= 15 is 0 Å². The van der Waals surface area contributed by atoms with Crippen LogP contribution in [0.5, 0.6) is 11.5 Å². The number of carbonyl (C=O) groups is 1. The fourth-order valence-corrected chi connectivity index (χ4v) is 3.65. The SMILES string of the molecule is Cc1cc(C)nc(-n2nc(C)c(CC(=O)NC(C)c3ccc4c(c3)OCO4)c2C)n1. The van der Waals surface area contributed by atoms with E-state index in [1.807, 2.05) is 58.9 Å². The molecule has 1 aliphatic rings. The number of hydrogen-bond donors (Lipinski definition) is 1. The zero-order valence-corrected chi connectivity index (χ0v) is 17.8. The standard InChI is InChI=1S/C22H25N5O3/c1-12-8-13(2)24-22(23-12)27-16(5)18(15(4)26-27)10-21(28)25-14(3)17-6-7-19-20(9-17)30-11-29-19/h6-9,14H,10-11H2,1-5H3,(H,25,28). The molecule has 1 unspecified atom stereocenters. The van der Waals surface area contributed by atoms with Crippen LogP contribution in [0.4, 0.5) is 0 Å². The molecule has 30 heavy (non-hydrogen) atoms. The lowest BCUT2D eigenvalue weighted by molar-refractivity contribution is -0.121. The van der Waals surface area contributed by atoms with E-state index in [4.69, 9.17) is 9.47 Å². The lowest BCUT2D eigenvalue weighted by Crippen LogP contribution is -2.28. The Balaban J connectivity index is 1.50. The van der Waals surface area contributed by atoms with Crippen molar-refractivity contribution >= 4 is 5.91 Å². The van der Waals surface area contributed by atoms with Gasteiger partial charge in [-0.05, 0) is 58.4 Å². The second-order valence-corrected chi connectivity index (χ2v) is 7.59. The number of aryl methyl sites for hydroxylation is 3. The van der Waals surface area contributed by atoms with Gasteiger partial charge >= 0.3 is 0 Å². The molecule has 1 amide bonds. The molecule has 4 rings (SSSR count). The molecule has 3 heterocycles. The summed E-state index contributed by atoms with van der Waals surface area (Å²) < 4.78 is 12.5. The van der Waals surface area contributed by atoms with E-state index in [0.717, 1.165) is 39.7 Å². The van der Waals surface area contributed by atoms with Gasteiger partial charge in [0, 0.05) is 22.6 Å². The minimum Gasteiger partial charge on any atom is -0.454 e. The third kappa shape index (κ3) is 3.85. The summed E-state index contributed by atoms with van der Waals surface area (Å²) in [5.74, 6) is 1.88. The second-order valence-electron chi connectivity index (χ2n) is 7.59. The average Bonchev–Trinajstić information content (AvgIpc) is 3.26. The first-order chi connectivity index (χ1) is 14.3. The fourth-order valence-electron chi connectivity index (χ4n) is 3.65. The van der Waals surface area contributed by atoms with Crippen molar-refractivity contribution in [2.24, 2.45) is 0 Å². The van der Waals surface area contributed by atoms with Gasteiger partial charge in [-0.15, -0.1) is 0 Å². The number of nitrogens with zero attached hydrogens (tertiary/aromatic N) is 4. The summed E-state index contributed by atoms with van der Waals surface area (Å²) in [6.45, 7) is 9.86. The minimum atomic E-state index is -0.162. The zero-order valence-electron chi connectivity index (χ0n) is 17.8. The predicted molar refractivity (Wildman–Crippen MR) is 111 cm³/mol. The molecule has 156 valence electrons. The van der Waals surface area contributed by atoms with Gasteiger partial charge in [-0.1, -0.05) is 6.07 Å². The number of benzene rings is 1. The molecule has 0 radical (unpaired) electrons. The van der Waals surface area contributed by atoms with Crippen LogP contribution < -0.4 is 14.8 Å². The lowest BCUT2D eigenvalue weighted by Gasteiger charge is -2.15. The molecule has 1 atom stereocenters. The first kappa shape index (κ1) is 19.9. The van der Waals surface area contributed by atoms with E-state index in [9.17, 15) is 4.79 Å². The Bertz CT molecular complexity index is 1100. The summed E-state index contributed by atoms with van der Waals surface area (Å²) in [5, 5.41) is 7.63. The molecular weight excluding hydrogens is 382 g/mol. The summed E-state index contributed by atoms with van der Waals surface area (Å²) >= 11 is 0.